The van der Waals surface area contributed by atoms with Gasteiger partial charge in [0, 0.05) is 12.4 Å². The van der Waals surface area contributed by atoms with Gasteiger partial charge in [-0.3, -0.25) is 4.57 Å². The summed E-state index contributed by atoms with van der Waals surface area (Å²) in [5.41, 5.74) is 0.0127. The van der Waals surface area contributed by atoms with Crippen LogP contribution in [0.2, 0.25) is 5.28 Å². The van der Waals surface area contributed by atoms with Crippen molar-refractivity contribution in [3.8, 4) is 5.82 Å². The van der Waals surface area contributed by atoms with Crippen LogP contribution in [0.4, 0.5) is 13.2 Å². The summed E-state index contributed by atoms with van der Waals surface area (Å²) in [5.74, 6) is 0.214. The Hall–Kier alpha value is -3.21. The number of hydrogen-bond acceptors (Lipinski definition) is 5. The Bertz CT molecular complexity index is 1180. The summed E-state index contributed by atoms with van der Waals surface area (Å²) in [7, 11) is 0. The van der Waals surface area contributed by atoms with Gasteiger partial charge < -0.3 is 4.98 Å². The Morgan fingerprint density at radius 1 is 1.15 bits per heavy atom. The third-order valence-electron chi connectivity index (χ3n) is 3.75. The molecule has 0 aromatic carbocycles. The van der Waals surface area contributed by atoms with Crippen LogP contribution in [0.25, 0.3) is 17.0 Å². The standard InChI is InChI=1S/C15H9ClF3N7O/c16-13-21-6-9-12(23-13)25(14(27)22-9)7-8-1-2-11(20-5-8)26-4-3-10(24-26)15(17,18)19/h1-6H,7H2,(H,22,27). The molecule has 0 aliphatic heterocycles. The van der Waals surface area contributed by atoms with Gasteiger partial charge in [-0.2, -0.15) is 23.3 Å². The molecule has 0 aliphatic carbocycles. The molecule has 0 radical (unpaired) electrons. The Morgan fingerprint density at radius 3 is 2.63 bits per heavy atom. The molecule has 4 rings (SSSR count). The molecule has 0 amide bonds. The highest BCUT2D eigenvalue weighted by molar-refractivity contribution is 6.28. The van der Waals surface area contributed by atoms with Crippen LogP contribution in [-0.4, -0.2) is 34.3 Å². The van der Waals surface area contributed by atoms with E-state index in [1.807, 2.05) is 0 Å². The molecular weight excluding hydrogens is 387 g/mol. The zero-order valence-electron chi connectivity index (χ0n) is 13.3. The number of fused-ring (bicyclic) bond motifs is 1. The van der Waals surface area contributed by atoms with Gasteiger partial charge in [-0.25, -0.2) is 19.4 Å². The Balaban J connectivity index is 1.62. The van der Waals surface area contributed by atoms with E-state index in [2.05, 4.69) is 25.0 Å². The fraction of sp³-hybridized carbons (Fsp3) is 0.133. The van der Waals surface area contributed by atoms with Crippen LogP contribution >= 0.6 is 11.6 Å². The first kappa shape index (κ1) is 17.2. The van der Waals surface area contributed by atoms with E-state index in [0.29, 0.717) is 16.7 Å². The molecule has 4 heterocycles. The van der Waals surface area contributed by atoms with Gasteiger partial charge in [0.25, 0.3) is 0 Å². The molecule has 12 heteroatoms. The summed E-state index contributed by atoms with van der Waals surface area (Å²) in [5, 5.41) is 3.46. The average molecular weight is 396 g/mol. The number of pyridine rings is 1. The largest absolute Gasteiger partial charge is 0.435 e. The fourth-order valence-electron chi connectivity index (χ4n) is 2.50. The number of hydrogen-bond donors (Lipinski definition) is 1. The summed E-state index contributed by atoms with van der Waals surface area (Å²) in [6, 6.07) is 4.00. The lowest BCUT2D eigenvalue weighted by Crippen LogP contribution is -2.18. The molecule has 0 saturated heterocycles. The molecule has 0 saturated carbocycles. The van der Waals surface area contributed by atoms with Gasteiger partial charge in [0.1, 0.15) is 5.52 Å². The van der Waals surface area contributed by atoms with E-state index in [1.165, 1.54) is 29.2 Å². The topological polar surface area (TPSA) is 94.3 Å². The predicted molar refractivity (Wildman–Crippen MR) is 88.6 cm³/mol. The molecule has 1 N–H and O–H groups in total. The van der Waals surface area contributed by atoms with Gasteiger partial charge in [-0.15, -0.1) is 0 Å². The third kappa shape index (κ3) is 3.28. The lowest BCUT2D eigenvalue weighted by molar-refractivity contribution is -0.141. The van der Waals surface area contributed by atoms with Crippen LogP contribution in [-0.2, 0) is 12.7 Å². The second kappa shape index (κ2) is 6.20. The van der Waals surface area contributed by atoms with Crippen LogP contribution < -0.4 is 5.69 Å². The molecule has 27 heavy (non-hydrogen) atoms. The molecule has 4 aromatic heterocycles. The summed E-state index contributed by atoms with van der Waals surface area (Å²) < 4.78 is 40.3. The highest BCUT2D eigenvalue weighted by Gasteiger charge is 2.33. The lowest BCUT2D eigenvalue weighted by Gasteiger charge is -2.05. The van der Waals surface area contributed by atoms with E-state index in [-0.39, 0.29) is 17.6 Å². The van der Waals surface area contributed by atoms with Crippen LogP contribution in [0, 0.1) is 0 Å². The Morgan fingerprint density at radius 2 is 1.96 bits per heavy atom. The number of nitrogens with zero attached hydrogens (tertiary/aromatic N) is 6. The highest BCUT2D eigenvalue weighted by Crippen LogP contribution is 2.27. The molecule has 4 aromatic rings. The number of H-pyrrole nitrogens is 1. The second-order valence-corrected chi connectivity index (χ2v) is 5.90. The summed E-state index contributed by atoms with van der Waals surface area (Å²) in [6.45, 7) is 0.145. The van der Waals surface area contributed by atoms with Crippen LogP contribution in [0.3, 0.4) is 0 Å². The number of rotatable bonds is 3. The number of nitrogens with one attached hydrogen (secondary N) is 1. The molecule has 0 fully saturated rings. The van der Waals surface area contributed by atoms with E-state index in [9.17, 15) is 18.0 Å². The van der Waals surface area contributed by atoms with Crippen molar-refractivity contribution in [3.05, 3.63) is 63.8 Å². The summed E-state index contributed by atoms with van der Waals surface area (Å²) in [4.78, 5) is 26.6. The number of alkyl halides is 3. The molecule has 0 spiro atoms. The van der Waals surface area contributed by atoms with Gasteiger partial charge in [-0.1, -0.05) is 6.07 Å². The van der Waals surface area contributed by atoms with E-state index in [1.54, 1.807) is 6.07 Å². The van der Waals surface area contributed by atoms with E-state index < -0.39 is 17.6 Å². The van der Waals surface area contributed by atoms with Crippen molar-refractivity contribution in [2.24, 2.45) is 0 Å². The quantitative estimate of drug-likeness (QED) is 0.538. The second-order valence-electron chi connectivity index (χ2n) is 5.56. The van der Waals surface area contributed by atoms with Gasteiger partial charge in [0.05, 0.1) is 12.7 Å². The van der Waals surface area contributed by atoms with E-state index >= 15 is 0 Å². The van der Waals surface area contributed by atoms with E-state index in [0.717, 1.165) is 10.7 Å². The normalized spacial score (nSPS) is 12.0. The molecule has 8 nitrogen and oxygen atoms in total. The fourth-order valence-corrected chi connectivity index (χ4v) is 2.63. The first-order valence-electron chi connectivity index (χ1n) is 7.50. The van der Waals surface area contributed by atoms with Crippen molar-refractivity contribution >= 4 is 22.8 Å². The van der Waals surface area contributed by atoms with Crippen LogP contribution in [0.1, 0.15) is 11.3 Å². The molecular formula is C15H9ClF3N7O. The minimum Gasteiger partial charge on any atom is -0.303 e. The Labute approximate surface area is 153 Å². The van der Waals surface area contributed by atoms with Crippen molar-refractivity contribution in [2.75, 3.05) is 0 Å². The molecule has 0 aliphatic rings. The van der Waals surface area contributed by atoms with Crippen molar-refractivity contribution in [3.63, 3.8) is 0 Å². The van der Waals surface area contributed by atoms with Crippen molar-refractivity contribution in [1.82, 2.24) is 34.3 Å². The lowest BCUT2D eigenvalue weighted by atomic mass is 10.3. The first-order chi connectivity index (χ1) is 12.8. The maximum absolute atomic E-state index is 12.6. The van der Waals surface area contributed by atoms with E-state index in [4.69, 9.17) is 11.6 Å². The van der Waals surface area contributed by atoms with Crippen molar-refractivity contribution in [1.29, 1.82) is 0 Å². The third-order valence-corrected chi connectivity index (χ3v) is 3.93. The first-order valence-corrected chi connectivity index (χ1v) is 7.88. The zero-order chi connectivity index (χ0) is 19.2. The highest BCUT2D eigenvalue weighted by atomic mass is 35.5. The van der Waals surface area contributed by atoms with Crippen LogP contribution in [0.5, 0.6) is 0 Å². The van der Waals surface area contributed by atoms with Gasteiger partial charge >= 0.3 is 11.9 Å². The number of aromatic nitrogens is 7. The minimum atomic E-state index is -4.52. The van der Waals surface area contributed by atoms with Crippen molar-refractivity contribution in [2.45, 2.75) is 12.7 Å². The predicted octanol–water partition coefficient (Wildman–Crippen LogP) is 2.42. The van der Waals surface area contributed by atoms with Crippen molar-refractivity contribution < 1.29 is 13.2 Å². The summed E-state index contributed by atoms with van der Waals surface area (Å²) >= 11 is 5.77. The molecule has 0 atom stereocenters. The van der Waals surface area contributed by atoms with Gasteiger partial charge in [-0.05, 0) is 29.3 Å². The average Bonchev–Trinajstić information content (AvgIpc) is 3.22. The number of imidazole rings is 1. The smallest absolute Gasteiger partial charge is 0.303 e. The summed E-state index contributed by atoms with van der Waals surface area (Å²) in [6.07, 6.45) is -0.503. The number of aromatic amines is 1. The molecule has 0 unspecified atom stereocenters. The number of halogens is 4. The molecule has 0 bridgehead atoms. The minimum absolute atomic E-state index is 0.00266. The maximum atomic E-state index is 12.6. The molecule has 138 valence electrons. The monoisotopic (exact) mass is 395 g/mol. The van der Waals surface area contributed by atoms with Gasteiger partial charge in [0.15, 0.2) is 17.2 Å². The Kier molecular flexibility index (Phi) is 3.95. The van der Waals surface area contributed by atoms with Crippen LogP contribution in [0.15, 0.2) is 41.6 Å². The maximum Gasteiger partial charge on any atom is 0.435 e. The van der Waals surface area contributed by atoms with Gasteiger partial charge in [0.2, 0.25) is 5.28 Å². The zero-order valence-corrected chi connectivity index (χ0v) is 14.0. The SMILES string of the molecule is O=c1[nH]c2cnc(Cl)nc2n1Cc1ccc(-n2ccc(C(F)(F)F)n2)nc1.